The number of thioether (sulfide) groups is 1. The van der Waals surface area contributed by atoms with Gasteiger partial charge in [0.1, 0.15) is 11.5 Å². The zero-order valence-corrected chi connectivity index (χ0v) is 17.3. The number of ether oxygens (including phenoxy) is 2. The van der Waals surface area contributed by atoms with Crippen molar-refractivity contribution in [3.63, 3.8) is 0 Å². The van der Waals surface area contributed by atoms with Crippen molar-refractivity contribution in [1.29, 1.82) is 0 Å². The van der Waals surface area contributed by atoms with Crippen LogP contribution in [0.2, 0.25) is 0 Å². The molecular weight excluding hydrogens is 390 g/mol. The normalized spacial score (nSPS) is 23.0. The van der Waals surface area contributed by atoms with Gasteiger partial charge in [-0.15, -0.1) is 0 Å². The van der Waals surface area contributed by atoms with Crippen molar-refractivity contribution in [1.82, 2.24) is 4.90 Å². The molecule has 0 radical (unpaired) electrons. The number of aliphatic imine (C=N–C) groups is 1. The molecule has 3 rings (SSSR count). The highest BCUT2D eigenvalue weighted by molar-refractivity contribution is 8.14. The molecule has 0 aliphatic carbocycles. The molecule has 1 amide bonds. The van der Waals surface area contributed by atoms with E-state index in [1.54, 1.807) is 46.5 Å². The average Bonchev–Trinajstić information content (AvgIpc) is 3.09. The van der Waals surface area contributed by atoms with Crippen LogP contribution >= 0.6 is 11.8 Å². The van der Waals surface area contributed by atoms with Crippen LogP contribution in [0.25, 0.3) is 0 Å². The number of hydrogen-bond donors (Lipinski definition) is 0. The summed E-state index contributed by atoms with van der Waals surface area (Å²) in [6, 6.07) is 4.70. The van der Waals surface area contributed by atoms with Crippen LogP contribution in [0.5, 0.6) is 11.5 Å². The van der Waals surface area contributed by atoms with Gasteiger partial charge >= 0.3 is 0 Å². The maximum Gasteiger partial charge on any atom is 0.232 e. The highest BCUT2D eigenvalue weighted by Crippen LogP contribution is 2.41. The van der Waals surface area contributed by atoms with E-state index in [1.807, 2.05) is 4.90 Å². The van der Waals surface area contributed by atoms with E-state index in [2.05, 4.69) is 4.99 Å². The number of sulfone groups is 1. The molecule has 27 heavy (non-hydrogen) atoms. The highest BCUT2D eigenvalue weighted by atomic mass is 32.2. The molecule has 1 aromatic carbocycles. The second-order valence-corrected chi connectivity index (χ2v) is 9.70. The van der Waals surface area contributed by atoms with Gasteiger partial charge in [-0.3, -0.25) is 9.79 Å². The molecule has 1 saturated heterocycles. The zero-order chi connectivity index (χ0) is 19.8. The lowest BCUT2D eigenvalue weighted by molar-refractivity contribution is -0.125. The molecule has 1 fully saturated rings. The number of nitrogens with zero attached hydrogens (tertiary/aromatic N) is 3. The fourth-order valence-corrected chi connectivity index (χ4v) is 6.09. The van der Waals surface area contributed by atoms with Gasteiger partial charge in [-0.1, -0.05) is 11.8 Å². The molecule has 0 N–H and O–H groups in total. The number of anilines is 1. The molecule has 2 aliphatic rings. The number of benzene rings is 1. The predicted octanol–water partition coefficient (Wildman–Crippen LogP) is 0.867. The first-order valence-electron chi connectivity index (χ1n) is 8.38. The molecule has 10 heteroatoms. The van der Waals surface area contributed by atoms with Crippen LogP contribution in [0.3, 0.4) is 0 Å². The lowest BCUT2D eigenvalue weighted by Crippen LogP contribution is -2.39. The number of amidine groups is 1. The average molecular weight is 414 g/mol. The topological polar surface area (TPSA) is 88.5 Å². The minimum Gasteiger partial charge on any atom is -0.497 e. The van der Waals surface area contributed by atoms with Gasteiger partial charge in [0.2, 0.25) is 5.91 Å². The first-order valence-corrected chi connectivity index (χ1v) is 11.2. The van der Waals surface area contributed by atoms with Crippen molar-refractivity contribution >= 4 is 38.4 Å². The smallest absolute Gasteiger partial charge is 0.232 e. The Morgan fingerprint density at radius 1 is 1.30 bits per heavy atom. The fourth-order valence-electron chi connectivity index (χ4n) is 3.16. The molecule has 0 aromatic heterocycles. The summed E-state index contributed by atoms with van der Waals surface area (Å²) in [4.78, 5) is 20.0. The third-order valence-corrected chi connectivity index (χ3v) is 7.23. The van der Waals surface area contributed by atoms with E-state index in [9.17, 15) is 13.2 Å². The van der Waals surface area contributed by atoms with Crippen molar-refractivity contribution in [2.75, 3.05) is 50.5 Å². The number of fused-ring (bicyclic) bond motifs is 1. The van der Waals surface area contributed by atoms with Gasteiger partial charge in [-0.05, 0) is 12.1 Å². The second-order valence-electron chi connectivity index (χ2n) is 6.61. The molecular formula is C17H23N3O5S2. The molecule has 0 unspecified atom stereocenters. The standard InChI is InChI=1S/C17H23N3O5S2/c1-19(2)16(21)8-26-17-18-12-9-27(22,23)10-14(12)20(17)13-7-11(24-3)5-6-15(13)25-4/h5-7,12,14H,8-10H2,1-4H3/t12-,14+/m1/s1. The molecule has 2 aliphatic heterocycles. The third kappa shape index (κ3) is 4.01. The number of methoxy groups -OCH3 is 2. The van der Waals surface area contributed by atoms with E-state index < -0.39 is 9.84 Å². The Kier molecular flexibility index (Phi) is 5.57. The van der Waals surface area contributed by atoms with E-state index in [0.717, 1.165) is 0 Å². The maximum atomic E-state index is 12.1. The van der Waals surface area contributed by atoms with Crippen LogP contribution in [0, 0.1) is 0 Å². The number of carbonyl (C=O) groups is 1. The van der Waals surface area contributed by atoms with Crippen molar-refractivity contribution < 1.29 is 22.7 Å². The van der Waals surface area contributed by atoms with Gasteiger partial charge in [0, 0.05) is 20.2 Å². The van der Waals surface area contributed by atoms with Crippen LogP contribution in [-0.2, 0) is 14.6 Å². The summed E-state index contributed by atoms with van der Waals surface area (Å²) < 4.78 is 35.1. The van der Waals surface area contributed by atoms with Gasteiger partial charge in [-0.2, -0.15) is 0 Å². The number of hydrogen-bond acceptors (Lipinski definition) is 8. The summed E-state index contributed by atoms with van der Waals surface area (Å²) in [5, 5.41) is 0.627. The largest absolute Gasteiger partial charge is 0.497 e. The van der Waals surface area contributed by atoms with E-state index in [1.165, 1.54) is 16.7 Å². The Hall–Kier alpha value is -1.94. The molecule has 0 spiro atoms. The quantitative estimate of drug-likeness (QED) is 0.708. The van der Waals surface area contributed by atoms with Gasteiger partial charge in [-0.25, -0.2) is 8.42 Å². The van der Waals surface area contributed by atoms with E-state index >= 15 is 0 Å². The van der Waals surface area contributed by atoms with Crippen LogP contribution in [0.1, 0.15) is 0 Å². The summed E-state index contributed by atoms with van der Waals surface area (Å²) in [6.45, 7) is 0. The Balaban J connectivity index is 1.98. The second kappa shape index (κ2) is 7.59. The van der Waals surface area contributed by atoms with Crippen LogP contribution in [0.4, 0.5) is 5.69 Å². The van der Waals surface area contributed by atoms with Crippen molar-refractivity contribution in [2.24, 2.45) is 4.99 Å². The zero-order valence-electron chi connectivity index (χ0n) is 15.7. The molecule has 2 heterocycles. The van der Waals surface area contributed by atoms with Crippen molar-refractivity contribution in [3.05, 3.63) is 18.2 Å². The predicted molar refractivity (Wildman–Crippen MR) is 107 cm³/mol. The third-order valence-electron chi connectivity index (χ3n) is 4.58. The first-order chi connectivity index (χ1) is 12.8. The maximum absolute atomic E-state index is 12.1. The minimum atomic E-state index is -3.16. The molecule has 8 nitrogen and oxygen atoms in total. The fraction of sp³-hybridized carbons (Fsp3) is 0.529. The van der Waals surface area contributed by atoms with E-state index in [0.29, 0.717) is 22.4 Å². The molecule has 2 atom stereocenters. The van der Waals surface area contributed by atoms with Crippen LogP contribution in [0.15, 0.2) is 23.2 Å². The summed E-state index contributed by atoms with van der Waals surface area (Å²) in [5.74, 6) is 1.45. The first kappa shape index (κ1) is 19.8. The number of rotatable bonds is 5. The van der Waals surface area contributed by atoms with Crippen LogP contribution < -0.4 is 14.4 Å². The lowest BCUT2D eigenvalue weighted by atomic mass is 10.1. The van der Waals surface area contributed by atoms with E-state index in [-0.39, 0.29) is 35.2 Å². The lowest BCUT2D eigenvalue weighted by Gasteiger charge is -2.28. The SMILES string of the molecule is COc1ccc(OC)c(N2C(SCC(=O)N(C)C)=N[C@@H]3CS(=O)(=O)C[C@@H]32)c1. The summed E-state index contributed by atoms with van der Waals surface area (Å²) in [6.07, 6.45) is 0. The minimum absolute atomic E-state index is 0.0200. The number of carbonyl (C=O) groups excluding carboxylic acids is 1. The van der Waals surface area contributed by atoms with E-state index in [4.69, 9.17) is 9.47 Å². The molecule has 148 valence electrons. The van der Waals surface area contributed by atoms with Crippen molar-refractivity contribution in [3.8, 4) is 11.5 Å². The van der Waals surface area contributed by atoms with Crippen molar-refractivity contribution in [2.45, 2.75) is 12.1 Å². The van der Waals surface area contributed by atoms with Gasteiger partial charge in [0.25, 0.3) is 0 Å². The van der Waals surface area contributed by atoms with Gasteiger partial charge in [0.05, 0.1) is 49.2 Å². The molecule has 0 bridgehead atoms. The Bertz CT molecular complexity index is 869. The van der Waals surface area contributed by atoms with Crippen LogP contribution in [-0.4, -0.2) is 82.0 Å². The Morgan fingerprint density at radius 3 is 2.67 bits per heavy atom. The van der Waals surface area contributed by atoms with Gasteiger partial charge in [0.15, 0.2) is 15.0 Å². The molecule has 1 aromatic rings. The number of amides is 1. The Labute approximate surface area is 163 Å². The summed E-state index contributed by atoms with van der Waals surface area (Å²) >= 11 is 1.31. The summed E-state index contributed by atoms with van der Waals surface area (Å²) in [5.41, 5.74) is 0.685. The van der Waals surface area contributed by atoms with Gasteiger partial charge < -0.3 is 19.3 Å². The Morgan fingerprint density at radius 2 is 2.04 bits per heavy atom. The highest BCUT2D eigenvalue weighted by Gasteiger charge is 2.48. The molecule has 0 saturated carbocycles. The monoisotopic (exact) mass is 413 g/mol. The summed E-state index contributed by atoms with van der Waals surface area (Å²) in [7, 11) is 3.37.